The van der Waals surface area contributed by atoms with Gasteiger partial charge in [0.15, 0.2) is 5.75 Å². The van der Waals surface area contributed by atoms with Gasteiger partial charge in [-0.3, -0.25) is 14.4 Å². The lowest BCUT2D eigenvalue weighted by Crippen LogP contribution is -2.28. The summed E-state index contributed by atoms with van der Waals surface area (Å²) in [6, 6.07) is 3.17. The minimum absolute atomic E-state index is 0.165. The lowest BCUT2D eigenvalue weighted by Gasteiger charge is -2.18. The third kappa shape index (κ3) is 3.50. The van der Waals surface area contributed by atoms with Gasteiger partial charge in [-0.15, -0.1) is 11.3 Å². The number of aromatic nitrogens is 1. The van der Waals surface area contributed by atoms with Crippen molar-refractivity contribution in [3.63, 3.8) is 0 Å². The first-order chi connectivity index (χ1) is 12.4. The quantitative estimate of drug-likeness (QED) is 0.831. The Balaban J connectivity index is 1.84. The molecule has 0 spiro atoms. The molecule has 1 unspecified atom stereocenters. The number of pyridine rings is 1. The molecule has 2 aromatic heterocycles. The van der Waals surface area contributed by atoms with Crippen molar-refractivity contribution < 1.29 is 14.3 Å². The van der Waals surface area contributed by atoms with Crippen LogP contribution < -0.4 is 21.3 Å². The Hall–Kier alpha value is -2.61. The molecule has 138 valence electrons. The Labute approximate surface area is 154 Å². The molecule has 1 atom stereocenters. The zero-order valence-electron chi connectivity index (χ0n) is 14.7. The van der Waals surface area contributed by atoms with Crippen molar-refractivity contribution >= 4 is 28.2 Å². The fourth-order valence-electron chi connectivity index (χ4n) is 3.22. The van der Waals surface area contributed by atoms with E-state index in [2.05, 4.69) is 12.2 Å². The van der Waals surface area contributed by atoms with Crippen molar-refractivity contribution in [2.45, 2.75) is 32.7 Å². The van der Waals surface area contributed by atoms with Gasteiger partial charge >= 0.3 is 0 Å². The molecule has 26 heavy (non-hydrogen) atoms. The summed E-state index contributed by atoms with van der Waals surface area (Å²) in [5.41, 5.74) is 6.52. The lowest BCUT2D eigenvalue weighted by molar-refractivity contribution is -0.116. The van der Waals surface area contributed by atoms with E-state index in [-0.39, 0.29) is 17.9 Å². The number of hydrogen-bond acceptors (Lipinski definition) is 5. The van der Waals surface area contributed by atoms with E-state index in [1.54, 1.807) is 6.07 Å². The van der Waals surface area contributed by atoms with E-state index in [0.717, 1.165) is 29.7 Å². The molecule has 0 bridgehead atoms. The van der Waals surface area contributed by atoms with Crippen molar-refractivity contribution in [3.05, 3.63) is 44.7 Å². The van der Waals surface area contributed by atoms with Gasteiger partial charge in [-0.25, -0.2) is 0 Å². The highest BCUT2D eigenvalue weighted by Gasteiger charge is 2.27. The van der Waals surface area contributed by atoms with Gasteiger partial charge in [0, 0.05) is 11.1 Å². The standard InChI is InChI=1S/C18H21N3O4S/c1-10-5-6-11-13(8-10)26-17(15(11)16(19)23)20-14(22)9-21-7-3-4-12(25-2)18(21)24/h3-4,7,10H,5-6,8-9H2,1-2H3,(H2,19,23)(H,20,22). The predicted octanol–water partition coefficient (Wildman–Crippen LogP) is 1.78. The highest BCUT2D eigenvalue weighted by atomic mass is 32.1. The number of nitrogens with zero attached hydrogens (tertiary/aromatic N) is 1. The third-order valence-corrected chi connectivity index (χ3v) is 5.70. The van der Waals surface area contributed by atoms with Crippen LogP contribution in [0.5, 0.6) is 5.75 Å². The second kappa shape index (κ2) is 7.33. The molecule has 0 saturated carbocycles. The van der Waals surface area contributed by atoms with Gasteiger partial charge in [0.2, 0.25) is 5.91 Å². The fraction of sp³-hybridized carbons (Fsp3) is 0.389. The first-order valence-corrected chi connectivity index (χ1v) is 9.20. The molecule has 0 aliphatic heterocycles. The Bertz CT molecular complexity index is 916. The number of primary amides is 1. The summed E-state index contributed by atoms with van der Waals surface area (Å²) in [6.45, 7) is 1.99. The molecule has 3 N–H and O–H groups in total. The lowest BCUT2D eigenvalue weighted by atomic mass is 9.88. The number of ether oxygens (including phenoxy) is 1. The summed E-state index contributed by atoms with van der Waals surface area (Å²) in [4.78, 5) is 37.6. The van der Waals surface area contributed by atoms with E-state index in [1.807, 2.05) is 0 Å². The summed E-state index contributed by atoms with van der Waals surface area (Å²) >= 11 is 1.40. The normalized spacial score (nSPS) is 16.0. The van der Waals surface area contributed by atoms with Crippen LogP contribution in [0, 0.1) is 5.92 Å². The Morgan fingerprint density at radius 2 is 2.23 bits per heavy atom. The van der Waals surface area contributed by atoms with E-state index in [1.165, 1.54) is 35.3 Å². The zero-order valence-corrected chi connectivity index (χ0v) is 15.5. The molecule has 1 aliphatic rings. The number of anilines is 1. The number of fused-ring (bicyclic) bond motifs is 1. The molecule has 3 rings (SSSR count). The highest BCUT2D eigenvalue weighted by Crippen LogP contribution is 2.39. The van der Waals surface area contributed by atoms with Crippen molar-refractivity contribution in [1.82, 2.24) is 4.57 Å². The maximum Gasteiger partial charge on any atom is 0.293 e. The summed E-state index contributed by atoms with van der Waals surface area (Å²) in [7, 11) is 1.40. The number of carbonyl (C=O) groups is 2. The minimum atomic E-state index is -0.536. The van der Waals surface area contributed by atoms with E-state index in [9.17, 15) is 14.4 Å². The maximum atomic E-state index is 12.4. The third-order valence-electron chi connectivity index (χ3n) is 4.53. The van der Waals surface area contributed by atoms with Gasteiger partial charge < -0.3 is 20.4 Å². The highest BCUT2D eigenvalue weighted by molar-refractivity contribution is 7.17. The van der Waals surface area contributed by atoms with Crippen LogP contribution in [0.2, 0.25) is 0 Å². The SMILES string of the molecule is COc1cccn(CC(=O)Nc2sc3c(c2C(N)=O)CCC(C)C3)c1=O. The molecule has 2 aromatic rings. The van der Waals surface area contributed by atoms with E-state index in [4.69, 9.17) is 10.5 Å². The van der Waals surface area contributed by atoms with Crippen LogP contribution in [0.1, 0.15) is 34.1 Å². The van der Waals surface area contributed by atoms with E-state index >= 15 is 0 Å². The first-order valence-electron chi connectivity index (χ1n) is 8.38. The van der Waals surface area contributed by atoms with Gasteiger partial charge in [-0.2, -0.15) is 0 Å². The van der Waals surface area contributed by atoms with E-state index in [0.29, 0.717) is 16.5 Å². The number of nitrogens with two attached hydrogens (primary N) is 1. The average Bonchev–Trinajstić information content (AvgIpc) is 2.93. The molecule has 2 amide bonds. The Morgan fingerprint density at radius 1 is 1.46 bits per heavy atom. The fourth-order valence-corrected chi connectivity index (χ4v) is 4.65. The van der Waals surface area contributed by atoms with Crippen LogP contribution in [0.25, 0.3) is 0 Å². The number of amides is 2. The smallest absolute Gasteiger partial charge is 0.293 e. The molecule has 0 saturated heterocycles. The van der Waals surface area contributed by atoms with Crippen LogP contribution in [0.3, 0.4) is 0 Å². The van der Waals surface area contributed by atoms with Gasteiger partial charge in [-0.05, 0) is 42.9 Å². The second-order valence-corrected chi connectivity index (χ2v) is 7.58. The topological polar surface area (TPSA) is 103 Å². The van der Waals surface area contributed by atoms with Crippen LogP contribution >= 0.6 is 11.3 Å². The Morgan fingerprint density at radius 3 is 2.92 bits per heavy atom. The van der Waals surface area contributed by atoms with Crippen LogP contribution in [-0.2, 0) is 24.2 Å². The monoisotopic (exact) mass is 375 g/mol. The minimum Gasteiger partial charge on any atom is -0.491 e. The number of hydrogen-bond donors (Lipinski definition) is 2. The predicted molar refractivity (Wildman–Crippen MR) is 99.9 cm³/mol. The summed E-state index contributed by atoms with van der Waals surface area (Å²) in [6.07, 6.45) is 4.18. The number of carbonyl (C=O) groups excluding carboxylic acids is 2. The zero-order chi connectivity index (χ0) is 18.8. The number of nitrogens with one attached hydrogen (secondary N) is 1. The van der Waals surface area contributed by atoms with Crippen LogP contribution in [0.15, 0.2) is 23.1 Å². The first kappa shape index (κ1) is 18.2. The summed E-state index contributed by atoms with van der Waals surface area (Å²) < 4.78 is 6.23. The van der Waals surface area contributed by atoms with Gasteiger partial charge in [0.25, 0.3) is 11.5 Å². The van der Waals surface area contributed by atoms with Gasteiger partial charge in [-0.1, -0.05) is 6.92 Å². The molecule has 2 heterocycles. The summed E-state index contributed by atoms with van der Waals surface area (Å²) in [5, 5.41) is 3.23. The van der Waals surface area contributed by atoms with Gasteiger partial charge in [0.1, 0.15) is 11.5 Å². The molecule has 0 radical (unpaired) electrons. The van der Waals surface area contributed by atoms with Crippen molar-refractivity contribution in [2.24, 2.45) is 11.7 Å². The molecular formula is C18H21N3O4S. The van der Waals surface area contributed by atoms with Crippen molar-refractivity contribution in [2.75, 3.05) is 12.4 Å². The van der Waals surface area contributed by atoms with Gasteiger partial charge in [0.05, 0.1) is 12.7 Å². The van der Waals surface area contributed by atoms with Crippen LogP contribution in [-0.4, -0.2) is 23.5 Å². The Kier molecular flexibility index (Phi) is 5.13. The molecule has 0 aromatic carbocycles. The molecule has 8 heteroatoms. The molecule has 0 fully saturated rings. The summed E-state index contributed by atoms with van der Waals surface area (Å²) in [5.74, 6) is -0.222. The number of thiophene rings is 1. The second-order valence-electron chi connectivity index (χ2n) is 6.48. The molecular weight excluding hydrogens is 354 g/mol. The molecule has 7 nitrogen and oxygen atoms in total. The van der Waals surface area contributed by atoms with Crippen molar-refractivity contribution in [3.8, 4) is 5.75 Å². The maximum absolute atomic E-state index is 12.4. The number of methoxy groups -OCH3 is 1. The largest absolute Gasteiger partial charge is 0.491 e. The molecule has 1 aliphatic carbocycles. The van der Waals surface area contributed by atoms with Crippen LogP contribution in [0.4, 0.5) is 5.00 Å². The average molecular weight is 375 g/mol. The van der Waals surface area contributed by atoms with E-state index < -0.39 is 11.8 Å². The number of rotatable bonds is 5. The van der Waals surface area contributed by atoms with Crippen molar-refractivity contribution in [1.29, 1.82) is 0 Å².